The summed E-state index contributed by atoms with van der Waals surface area (Å²) in [5.41, 5.74) is 2.72. The summed E-state index contributed by atoms with van der Waals surface area (Å²) in [4.78, 5) is 34.9. The highest BCUT2D eigenvalue weighted by Gasteiger charge is 2.35. The lowest BCUT2D eigenvalue weighted by Gasteiger charge is -2.44. The number of aliphatic carboxylic acids is 1. The average Bonchev–Trinajstić information content (AvgIpc) is 3.45. The molecule has 1 fully saturated rings. The van der Waals surface area contributed by atoms with Crippen molar-refractivity contribution >= 4 is 59.1 Å². The van der Waals surface area contributed by atoms with Crippen LogP contribution in [-0.2, 0) is 35.3 Å². The molecule has 14 heteroatoms. The summed E-state index contributed by atoms with van der Waals surface area (Å²) >= 11 is 0.730. The topological polar surface area (TPSA) is 81.9 Å². The van der Waals surface area contributed by atoms with E-state index >= 15 is 0 Å². The molecule has 1 amide bonds. The Morgan fingerprint density at radius 1 is 1.10 bits per heavy atom. The third-order valence-electron chi connectivity index (χ3n) is 7.48. The highest BCUT2D eigenvalue weighted by Crippen LogP contribution is 2.36. The number of aromatic nitrogens is 2. The van der Waals surface area contributed by atoms with Crippen LogP contribution in [0.2, 0.25) is 0 Å². The molecule has 5 rings (SSSR count). The normalized spacial score (nSPS) is 20.1. The summed E-state index contributed by atoms with van der Waals surface area (Å²) in [5, 5.41) is 10.2. The zero-order valence-electron chi connectivity index (χ0n) is 22.1. The van der Waals surface area contributed by atoms with Crippen LogP contribution in [0.1, 0.15) is 34.9 Å². The molecule has 0 unspecified atom stereocenters. The Hall–Kier alpha value is -2.38. The minimum atomic E-state index is -4.38. The third-order valence-corrected chi connectivity index (χ3v) is 8.59. The predicted molar refractivity (Wildman–Crippen MR) is 151 cm³/mol. The lowest BCUT2D eigenvalue weighted by Crippen LogP contribution is -2.59. The van der Waals surface area contributed by atoms with Gasteiger partial charge in [-0.1, -0.05) is 0 Å². The lowest BCUT2D eigenvalue weighted by molar-refractivity contribution is -0.142. The first-order valence-corrected chi connectivity index (χ1v) is 13.4. The molecule has 220 valence electrons. The molecule has 8 nitrogen and oxygen atoms in total. The van der Waals surface area contributed by atoms with E-state index in [0.717, 1.165) is 34.0 Å². The van der Waals surface area contributed by atoms with Gasteiger partial charge in [0.15, 0.2) is 0 Å². The summed E-state index contributed by atoms with van der Waals surface area (Å²) in [7, 11) is 0. The number of fused-ring (bicyclic) bond motifs is 3. The van der Waals surface area contributed by atoms with Crippen LogP contribution >= 0.6 is 36.2 Å². The summed E-state index contributed by atoms with van der Waals surface area (Å²) in [6.45, 7) is 6.56. The molecule has 0 aliphatic carbocycles. The van der Waals surface area contributed by atoms with E-state index in [2.05, 4.69) is 9.88 Å². The molecule has 0 aromatic carbocycles. The number of hydrogen-bond donors (Lipinski definition) is 1. The number of carbonyl (C=O) groups is 2. The van der Waals surface area contributed by atoms with E-state index in [1.165, 1.54) is 6.07 Å². The molecule has 2 aliphatic heterocycles. The lowest BCUT2D eigenvalue weighted by atomic mass is 10.0. The number of hydrogen-bond acceptors (Lipinski definition) is 6. The number of nitrogens with zero attached hydrogens (tertiary/aromatic N) is 5. The van der Waals surface area contributed by atoms with E-state index in [-0.39, 0.29) is 62.4 Å². The van der Waals surface area contributed by atoms with Crippen LogP contribution in [0.15, 0.2) is 30.5 Å². The predicted octanol–water partition coefficient (Wildman–Crippen LogP) is 4.37. The molecule has 0 bridgehead atoms. The second-order valence-corrected chi connectivity index (χ2v) is 11.3. The van der Waals surface area contributed by atoms with Crippen molar-refractivity contribution in [3.05, 3.63) is 51.5 Å². The second kappa shape index (κ2) is 12.6. The molecule has 0 spiro atoms. The van der Waals surface area contributed by atoms with Gasteiger partial charge in [-0.05, 0) is 50.1 Å². The molecule has 1 saturated heterocycles. The number of piperazine rings is 1. The Labute approximate surface area is 246 Å². The van der Waals surface area contributed by atoms with Crippen molar-refractivity contribution in [3.63, 3.8) is 0 Å². The molecule has 2 atom stereocenters. The van der Waals surface area contributed by atoms with E-state index in [1.807, 2.05) is 40.3 Å². The highest BCUT2D eigenvalue weighted by molar-refractivity contribution is 7.12. The van der Waals surface area contributed by atoms with Gasteiger partial charge in [0.2, 0.25) is 5.91 Å². The number of pyridine rings is 1. The molecule has 40 heavy (non-hydrogen) atoms. The Morgan fingerprint density at radius 2 is 1.80 bits per heavy atom. The van der Waals surface area contributed by atoms with Crippen LogP contribution in [0.5, 0.6) is 0 Å². The molecular weight excluding hydrogens is 590 g/mol. The fourth-order valence-electron chi connectivity index (χ4n) is 5.77. The van der Waals surface area contributed by atoms with E-state index in [4.69, 9.17) is 0 Å². The van der Waals surface area contributed by atoms with Crippen molar-refractivity contribution in [3.8, 4) is 0 Å². The van der Waals surface area contributed by atoms with Crippen LogP contribution in [-0.4, -0.2) is 86.0 Å². The van der Waals surface area contributed by atoms with Crippen LogP contribution in [0.4, 0.5) is 13.2 Å². The van der Waals surface area contributed by atoms with Crippen molar-refractivity contribution in [2.75, 3.05) is 32.7 Å². The van der Waals surface area contributed by atoms with Crippen LogP contribution < -0.4 is 0 Å². The van der Waals surface area contributed by atoms with Gasteiger partial charge >= 0.3 is 12.1 Å². The van der Waals surface area contributed by atoms with Gasteiger partial charge in [-0.15, -0.1) is 36.2 Å². The van der Waals surface area contributed by atoms with E-state index in [9.17, 15) is 27.9 Å². The first-order chi connectivity index (χ1) is 18.0. The van der Waals surface area contributed by atoms with Gasteiger partial charge < -0.3 is 14.6 Å². The summed E-state index contributed by atoms with van der Waals surface area (Å²) in [6, 6.07) is 6.47. The standard InChI is InChI=1S/C26H30F3N5O3S.2ClH/c1-16-10-31(11-17(2)33(16)15-24(36)37)14-23(35)32-9-7-19-20-4-3-8-30-25(20)34(21(19)13-32)12-18-5-6-22(38-18)26(27,28)29;;/h3-6,8,16-17H,7,9-15H2,1-2H3,(H,36,37);2*1H/t16-,17+;;. The quantitative estimate of drug-likeness (QED) is 0.440. The molecule has 3 aromatic heterocycles. The fourth-order valence-corrected chi connectivity index (χ4v) is 6.63. The molecule has 1 N–H and O–H groups in total. The fraction of sp³-hybridized carbons (Fsp3) is 0.500. The number of rotatable bonds is 6. The van der Waals surface area contributed by atoms with Gasteiger partial charge in [-0.25, -0.2) is 4.98 Å². The van der Waals surface area contributed by atoms with Crippen LogP contribution in [0.3, 0.4) is 0 Å². The van der Waals surface area contributed by atoms with E-state index in [1.54, 1.807) is 6.20 Å². The Bertz CT molecular complexity index is 1350. The zero-order chi connectivity index (χ0) is 27.2. The van der Waals surface area contributed by atoms with Crippen molar-refractivity contribution < 1.29 is 27.9 Å². The summed E-state index contributed by atoms with van der Waals surface area (Å²) in [6.07, 6.45) is -2.06. The van der Waals surface area contributed by atoms with E-state index < -0.39 is 17.0 Å². The number of amides is 1. The molecule has 2 aliphatic rings. The second-order valence-electron chi connectivity index (χ2n) is 10.2. The van der Waals surface area contributed by atoms with E-state index in [0.29, 0.717) is 43.1 Å². The van der Waals surface area contributed by atoms with Crippen molar-refractivity contribution in [1.82, 2.24) is 24.3 Å². The first kappa shape index (κ1) is 32.1. The zero-order valence-corrected chi connectivity index (χ0v) is 24.5. The average molecular weight is 623 g/mol. The number of thiophene rings is 1. The van der Waals surface area contributed by atoms with Crippen molar-refractivity contribution in [2.45, 2.75) is 51.6 Å². The molecule has 3 aromatic rings. The maximum atomic E-state index is 13.4. The SMILES string of the molecule is C[C@@H]1CN(CC(=O)N2CCc3c(n(Cc4ccc(C(F)(F)F)s4)c4ncccc34)C2)C[C@H](C)N1CC(=O)O.Cl.Cl. The minimum absolute atomic E-state index is 0. The smallest absolute Gasteiger partial charge is 0.425 e. The van der Waals surface area contributed by atoms with Gasteiger partial charge in [0.1, 0.15) is 10.5 Å². The first-order valence-electron chi connectivity index (χ1n) is 12.6. The number of halogens is 5. The molecular formula is C26H32Cl2F3N5O3S. The maximum Gasteiger partial charge on any atom is 0.425 e. The number of carbonyl (C=O) groups excluding carboxylic acids is 1. The third kappa shape index (κ3) is 6.57. The molecule has 5 heterocycles. The van der Waals surface area contributed by atoms with Crippen LogP contribution in [0, 0.1) is 0 Å². The van der Waals surface area contributed by atoms with Crippen molar-refractivity contribution in [2.24, 2.45) is 0 Å². The number of alkyl halides is 3. The Balaban J connectivity index is 0.00000220. The number of carboxylic acid groups (broad SMARTS) is 1. The molecule has 0 radical (unpaired) electrons. The van der Waals surface area contributed by atoms with Gasteiger partial charge in [0.25, 0.3) is 0 Å². The monoisotopic (exact) mass is 621 g/mol. The van der Waals surface area contributed by atoms with Gasteiger partial charge in [-0.3, -0.25) is 19.4 Å². The van der Waals surface area contributed by atoms with Gasteiger partial charge in [0, 0.05) is 53.9 Å². The summed E-state index contributed by atoms with van der Waals surface area (Å²) < 4.78 is 41.5. The Morgan fingerprint density at radius 3 is 2.42 bits per heavy atom. The summed E-state index contributed by atoms with van der Waals surface area (Å²) in [5.74, 6) is -0.874. The largest absolute Gasteiger partial charge is 0.480 e. The maximum absolute atomic E-state index is 13.4. The van der Waals surface area contributed by atoms with Crippen molar-refractivity contribution in [1.29, 1.82) is 0 Å². The Kier molecular flexibility index (Phi) is 10.2. The highest BCUT2D eigenvalue weighted by atomic mass is 35.5. The minimum Gasteiger partial charge on any atom is -0.480 e. The van der Waals surface area contributed by atoms with Gasteiger partial charge in [-0.2, -0.15) is 13.2 Å². The molecule has 0 saturated carbocycles. The number of carboxylic acids is 1. The van der Waals surface area contributed by atoms with Gasteiger partial charge in [0.05, 0.1) is 26.2 Å². The van der Waals surface area contributed by atoms with Crippen LogP contribution in [0.25, 0.3) is 11.0 Å².